The van der Waals surface area contributed by atoms with Gasteiger partial charge in [-0.15, -0.1) is 0 Å². The molecule has 160 valence electrons. The van der Waals surface area contributed by atoms with Gasteiger partial charge >= 0.3 is 0 Å². The number of hydrogen-bond donors (Lipinski definition) is 2. The van der Waals surface area contributed by atoms with Crippen molar-refractivity contribution in [2.24, 2.45) is 0 Å². The average Bonchev–Trinajstić information content (AvgIpc) is 3.43. The van der Waals surface area contributed by atoms with E-state index in [1.165, 1.54) is 0 Å². The normalized spacial score (nSPS) is 12.3. The van der Waals surface area contributed by atoms with Gasteiger partial charge in [-0.2, -0.15) is 0 Å². The molecule has 6 nitrogen and oxygen atoms in total. The van der Waals surface area contributed by atoms with E-state index in [-0.39, 0.29) is 5.91 Å². The highest BCUT2D eigenvalue weighted by Crippen LogP contribution is 2.25. The zero-order valence-electron chi connectivity index (χ0n) is 17.8. The second kappa shape index (κ2) is 8.69. The highest BCUT2D eigenvalue weighted by molar-refractivity contribution is 5.99. The molecule has 0 spiro atoms. The van der Waals surface area contributed by atoms with Crippen LogP contribution in [0.5, 0.6) is 0 Å². The SMILES string of the molecule is COCCn1c(C(=O)N[C@@H](c2ccccc2)c2nc3ccccc3[nH]2)cc2ccccc21. The monoisotopic (exact) mass is 424 g/mol. The number of H-pyrrole nitrogens is 1. The molecular formula is C26H24N4O2. The maximum atomic E-state index is 13.6. The highest BCUT2D eigenvalue weighted by Gasteiger charge is 2.23. The molecule has 32 heavy (non-hydrogen) atoms. The van der Waals surface area contributed by atoms with Gasteiger partial charge in [0.25, 0.3) is 5.91 Å². The lowest BCUT2D eigenvalue weighted by molar-refractivity contribution is 0.0930. The van der Waals surface area contributed by atoms with Crippen LogP contribution in [0.1, 0.15) is 27.9 Å². The number of benzene rings is 3. The fourth-order valence-corrected chi connectivity index (χ4v) is 4.09. The van der Waals surface area contributed by atoms with Crippen LogP contribution in [0.15, 0.2) is 84.9 Å². The minimum Gasteiger partial charge on any atom is -0.383 e. The van der Waals surface area contributed by atoms with Crippen LogP contribution in [-0.2, 0) is 11.3 Å². The van der Waals surface area contributed by atoms with Gasteiger partial charge in [0.15, 0.2) is 0 Å². The van der Waals surface area contributed by atoms with Gasteiger partial charge in [0.1, 0.15) is 17.6 Å². The molecule has 0 fully saturated rings. The molecule has 3 aromatic carbocycles. The molecule has 2 aromatic heterocycles. The van der Waals surface area contributed by atoms with Gasteiger partial charge in [0.05, 0.1) is 17.6 Å². The largest absolute Gasteiger partial charge is 0.383 e. The van der Waals surface area contributed by atoms with Crippen LogP contribution in [0.4, 0.5) is 0 Å². The first-order chi connectivity index (χ1) is 15.7. The van der Waals surface area contributed by atoms with Crippen molar-refractivity contribution in [3.8, 4) is 0 Å². The number of nitrogens with one attached hydrogen (secondary N) is 2. The molecule has 0 radical (unpaired) electrons. The van der Waals surface area contributed by atoms with Gasteiger partial charge in [-0.3, -0.25) is 4.79 Å². The number of hydrogen-bond acceptors (Lipinski definition) is 3. The van der Waals surface area contributed by atoms with Crippen molar-refractivity contribution in [3.63, 3.8) is 0 Å². The maximum absolute atomic E-state index is 13.6. The molecule has 2 heterocycles. The van der Waals surface area contributed by atoms with Gasteiger partial charge in [-0.25, -0.2) is 4.98 Å². The highest BCUT2D eigenvalue weighted by atomic mass is 16.5. The van der Waals surface area contributed by atoms with Crippen LogP contribution in [-0.4, -0.2) is 34.2 Å². The van der Waals surface area contributed by atoms with Crippen LogP contribution in [0, 0.1) is 0 Å². The summed E-state index contributed by atoms with van der Waals surface area (Å²) in [5.74, 6) is 0.539. The number of fused-ring (bicyclic) bond motifs is 2. The first-order valence-corrected chi connectivity index (χ1v) is 10.6. The van der Waals surface area contributed by atoms with E-state index >= 15 is 0 Å². The molecule has 0 aliphatic rings. The predicted octanol–water partition coefficient (Wildman–Crippen LogP) is 4.68. The first-order valence-electron chi connectivity index (χ1n) is 10.6. The fraction of sp³-hybridized carbons (Fsp3) is 0.154. The third kappa shape index (κ3) is 3.76. The van der Waals surface area contributed by atoms with Crippen LogP contribution in [0.2, 0.25) is 0 Å². The van der Waals surface area contributed by atoms with Crippen molar-refractivity contribution in [3.05, 3.63) is 102 Å². The third-order valence-corrected chi connectivity index (χ3v) is 5.65. The molecule has 0 unspecified atom stereocenters. The molecular weight excluding hydrogens is 400 g/mol. The van der Waals surface area contributed by atoms with Crippen molar-refractivity contribution in [1.29, 1.82) is 0 Å². The Labute approximate surface area is 185 Å². The number of methoxy groups -OCH3 is 1. The van der Waals surface area contributed by atoms with E-state index in [0.717, 1.165) is 27.5 Å². The lowest BCUT2D eigenvalue weighted by Crippen LogP contribution is -2.31. The van der Waals surface area contributed by atoms with E-state index < -0.39 is 6.04 Å². The summed E-state index contributed by atoms with van der Waals surface area (Å²) in [4.78, 5) is 21.7. The Morgan fingerprint density at radius 2 is 1.78 bits per heavy atom. The average molecular weight is 425 g/mol. The Morgan fingerprint density at radius 1 is 1.03 bits per heavy atom. The number of para-hydroxylation sites is 3. The van der Waals surface area contributed by atoms with Crippen LogP contribution in [0.3, 0.4) is 0 Å². The number of imidazole rings is 1. The fourth-order valence-electron chi connectivity index (χ4n) is 4.09. The molecule has 6 heteroatoms. The molecule has 2 N–H and O–H groups in total. The number of carbonyl (C=O) groups is 1. The second-order valence-electron chi connectivity index (χ2n) is 7.69. The van der Waals surface area contributed by atoms with Crippen molar-refractivity contribution in [1.82, 2.24) is 19.9 Å². The molecule has 0 aliphatic carbocycles. The lowest BCUT2D eigenvalue weighted by Gasteiger charge is -2.18. The number of aromatic nitrogens is 3. The van der Waals surface area contributed by atoms with E-state index in [2.05, 4.69) is 10.3 Å². The van der Waals surface area contributed by atoms with Crippen molar-refractivity contribution in [2.45, 2.75) is 12.6 Å². The number of nitrogens with zero attached hydrogens (tertiary/aromatic N) is 2. The molecule has 1 atom stereocenters. The number of amides is 1. The minimum atomic E-state index is -0.412. The van der Waals surface area contributed by atoms with E-state index in [1.807, 2.05) is 89.5 Å². The maximum Gasteiger partial charge on any atom is 0.268 e. The van der Waals surface area contributed by atoms with Gasteiger partial charge in [0.2, 0.25) is 0 Å². The number of carbonyl (C=O) groups excluding carboxylic acids is 1. The summed E-state index contributed by atoms with van der Waals surface area (Å²) in [6.07, 6.45) is 0. The van der Waals surface area contributed by atoms with Crippen LogP contribution < -0.4 is 5.32 Å². The standard InChI is InChI=1S/C26H24N4O2/c1-32-16-15-30-22-14-8-5-11-19(22)17-23(30)26(31)29-24(18-9-3-2-4-10-18)25-27-20-12-6-7-13-21(20)28-25/h2-14,17,24H,15-16H2,1H3,(H,27,28)(H,29,31)/t24-/m0/s1. The second-order valence-corrected chi connectivity index (χ2v) is 7.69. The van der Waals surface area contributed by atoms with Gasteiger partial charge in [0, 0.05) is 24.6 Å². The zero-order valence-corrected chi connectivity index (χ0v) is 17.8. The summed E-state index contributed by atoms with van der Waals surface area (Å²) in [6, 6.07) is 27.3. The Kier molecular flexibility index (Phi) is 5.44. The number of aromatic amines is 1. The summed E-state index contributed by atoms with van der Waals surface area (Å²) in [5, 5.41) is 4.23. The van der Waals surface area contributed by atoms with Crippen LogP contribution >= 0.6 is 0 Å². The van der Waals surface area contributed by atoms with E-state index in [1.54, 1.807) is 7.11 Å². The Morgan fingerprint density at radius 3 is 2.59 bits per heavy atom. The van der Waals surface area contributed by atoms with Crippen LogP contribution in [0.25, 0.3) is 21.9 Å². The van der Waals surface area contributed by atoms with E-state index in [9.17, 15) is 4.79 Å². The smallest absolute Gasteiger partial charge is 0.268 e. The zero-order chi connectivity index (χ0) is 21.9. The Bertz CT molecular complexity index is 1340. The Hall–Kier alpha value is -3.90. The first kappa shape index (κ1) is 20.0. The van der Waals surface area contributed by atoms with Crippen molar-refractivity contribution >= 4 is 27.8 Å². The summed E-state index contributed by atoms with van der Waals surface area (Å²) in [7, 11) is 1.67. The minimum absolute atomic E-state index is 0.161. The van der Waals surface area contributed by atoms with Gasteiger partial charge in [-0.05, 0) is 29.8 Å². The lowest BCUT2D eigenvalue weighted by atomic mass is 10.1. The topological polar surface area (TPSA) is 71.9 Å². The summed E-state index contributed by atoms with van der Waals surface area (Å²) in [6.45, 7) is 1.11. The molecule has 5 rings (SSSR count). The van der Waals surface area contributed by atoms with Gasteiger partial charge in [-0.1, -0.05) is 60.7 Å². The quantitative estimate of drug-likeness (QED) is 0.398. The number of ether oxygens (including phenoxy) is 1. The molecule has 5 aromatic rings. The molecule has 1 amide bonds. The Balaban J connectivity index is 1.55. The summed E-state index contributed by atoms with van der Waals surface area (Å²) < 4.78 is 7.29. The summed E-state index contributed by atoms with van der Waals surface area (Å²) in [5.41, 5.74) is 4.37. The molecule has 0 aliphatic heterocycles. The molecule has 0 saturated carbocycles. The molecule has 0 saturated heterocycles. The van der Waals surface area contributed by atoms with Crippen molar-refractivity contribution in [2.75, 3.05) is 13.7 Å². The van der Waals surface area contributed by atoms with Gasteiger partial charge < -0.3 is 19.6 Å². The third-order valence-electron chi connectivity index (χ3n) is 5.65. The summed E-state index contributed by atoms with van der Waals surface area (Å²) >= 11 is 0. The van der Waals surface area contributed by atoms with E-state index in [4.69, 9.17) is 9.72 Å². The molecule has 0 bridgehead atoms. The number of rotatable bonds is 7. The van der Waals surface area contributed by atoms with E-state index in [0.29, 0.717) is 24.7 Å². The van der Waals surface area contributed by atoms with Crippen molar-refractivity contribution < 1.29 is 9.53 Å². The predicted molar refractivity (Wildman–Crippen MR) is 126 cm³/mol.